The third-order valence-electron chi connectivity index (χ3n) is 5.32. The summed E-state index contributed by atoms with van der Waals surface area (Å²) >= 11 is 0. The number of hydrogen-bond donors (Lipinski definition) is 0. The van der Waals surface area contributed by atoms with Gasteiger partial charge >= 0.3 is 0 Å². The number of carbonyl (C=O) groups is 1. The van der Waals surface area contributed by atoms with E-state index in [1.165, 1.54) is 22.3 Å². The summed E-state index contributed by atoms with van der Waals surface area (Å²) in [5, 5.41) is 0. The van der Waals surface area contributed by atoms with Crippen LogP contribution >= 0.6 is 0 Å². The van der Waals surface area contributed by atoms with Gasteiger partial charge in [-0.25, -0.2) is 0 Å². The molecule has 0 radical (unpaired) electrons. The van der Waals surface area contributed by atoms with Gasteiger partial charge in [-0.1, -0.05) is 29.8 Å². The Hall–Kier alpha value is -2.49. The first-order valence-electron chi connectivity index (χ1n) is 9.34. The zero-order chi connectivity index (χ0) is 18.1. The number of fused-ring (bicyclic) bond motifs is 2. The Morgan fingerprint density at radius 3 is 2.85 bits per heavy atom. The van der Waals surface area contributed by atoms with Gasteiger partial charge in [0.05, 0.1) is 19.6 Å². The minimum atomic E-state index is 0.150. The topological polar surface area (TPSA) is 38.8 Å². The summed E-state index contributed by atoms with van der Waals surface area (Å²) in [6, 6.07) is 10.3. The van der Waals surface area contributed by atoms with Crippen molar-refractivity contribution < 1.29 is 14.3 Å². The molecule has 0 saturated carbocycles. The van der Waals surface area contributed by atoms with Crippen molar-refractivity contribution in [3.63, 3.8) is 0 Å². The van der Waals surface area contributed by atoms with Crippen LogP contribution in [0.15, 0.2) is 30.3 Å². The van der Waals surface area contributed by atoms with Crippen LogP contribution in [0.1, 0.15) is 27.8 Å². The van der Waals surface area contributed by atoms with E-state index in [1.807, 2.05) is 24.1 Å². The summed E-state index contributed by atoms with van der Waals surface area (Å²) in [6.07, 6.45) is 3.14. The lowest BCUT2D eigenvalue weighted by Crippen LogP contribution is -2.30. The van der Waals surface area contributed by atoms with Gasteiger partial charge in [-0.15, -0.1) is 0 Å². The smallest absolute Gasteiger partial charge is 0.226 e. The molecular weight excluding hydrogens is 326 g/mol. The molecule has 0 aliphatic carbocycles. The van der Waals surface area contributed by atoms with Crippen molar-refractivity contribution in [3.8, 4) is 11.5 Å². The molecule has 2 heterocycles. The van der Waals surface area contributed by atoms with Gasteiger partial charge in [-0.3, -0.25) is 4.79 Å². The van der Waals surface area contributed by atoms with E-state index in [4.69, 9.17) is 9.47 Å². The van der Waals surface area contributed by atoms with Crippen LogP contribution in [0.4, 0.5) is 0 Å². The average molecular weight is 351 g/mol. The van der Waals surface area contributed by atoms with E-state index in [9.17, 15) is 4.79 Å². The third kappa shape index (κ3) is 3.28. The fraction of sp³-hybridized carbons (Fsp3) is 0.409. The van der Waals surface area contributed by atoms with Crippen LogP contribution in [-0.4, -0.2) is 37.6 Å². The highest BCUT2D eigenvalue weighted by molar-refractivity contribution is 5.78. The van der Waals surface area contributed by atoms with Crippen molar-refractivity contribution in [1.82, 2.24) is 4.90 Å². The average Bonchev–Trinajstić information content (AvgIpc) is 3.27. The molecule has 2 aliphatic rings. The number of benzene rings is 2. The zero-order valence-electron chi connectivity index (χ0n) is 15.5. The van der Waals surface area contributed by atoms with E-state index < -0.39 is 0 Å². The van der Waals surface area contributed by atoms with Gasteiger partial charge in [0, 0.05) is 43.1 Å². The predicted octanol–water partition coefficient (Wildman–Crippen LogP) is 3.11. The highest BCUT2D eigenvalue weighted by Gasteiger charge is 2.26. The molecule has 0 bridgehead atoms. The molecule has 0 spiro atoms. The van der Waals surface area contributed by atoms with E-state index in [0.29, 0.717) is 13.0 Å². The fourth-order valence-corrected chi connectivity index (χ4v) is 3.89. The summed E-state index contributed by atoms with van der Waals surface area (Å²) in [4.78, 5) is 14.4. The third-order valence-corrected chi connectivity index (χ3v) is 5.32. The van der Waals surface area contributed by atoms with Gasteiger partial charge in [-0.05, 0) is 25.0 Å². The van der Waals surface area contributed by atoms with Crippen molar-refractivity contribution in [2.45, 2.75) is 32.6 Å². The molecule has 4 nitrogen and oxygen atoms in total. The second kappa shape index (κ2) is 7.02. The van der Waals surface area contributed by atoms with Crippen molar-refractivity contribution in [1.29, 1.82) is 0 Å². The maximum Gasteiger partial charge on any atom is 0.226 e. The highest BCUT2D eigenvalue weighted by atomic mass is 16.5. The Bertz CT molecular complexity index is 811. The number of aryl methyl sites for hydroxylation is 1. The minimum absolute atomic E-state index is 0.150. The fourth-order valence-electron chi connectivity index (χ4n) is 3.89. The van der Waals surface area contributed by atoms with E-state index in [-0.39, 0.29) is 5.91 Å². The molecule has 4 heteroatoms. The van der Waals surface area contributed by atoms with Gasteiger partial charge in [0.15, 0.2) is 0 Å². The molecule has 0 saturated heterocycles. The predicted molar refractivity (Wildman–Crippen MR) is 101 cm³/mol. The maximum absolute atomic E-state index is 12.6. The Balaban J connectivity index is 1.45. The van der Waals surface area contributed by atoms with Crippen LogP contribution in [0.3, 0.4) is 0 Å². The minimum Gasteiger partial charge on any atom is -0.493 e. The SMILES string of the molecule is Cc1cccc(CC(=O)N(C)CCc2c3c(cc4c2OCC4)OCC3)c1. The highest BCUT2D eigenvalue weighted by Crippen LogP contribution is 2.40. The van der Waals surface area contributed by atoms with Crippen LogP contribution in [0.25, 0.3) is 0 Å². The number of rotatable bonds is 5. The largest absolute Gasteiger partial charge is 0.493 e. The van der Waals surface area contributed by atoms with Crippen molar-refractivity contribution in [2.75, 3.05) is 26.8 Å². The number of ether oxygens (including phenoxy) is 2. The summed E-state index contributed by atoms with van der Waals surface area (Å²) in [5.41, 5.74) is 6.01. The quantitative estimate of drug-likeness (QED) is 0.831. The van der Waals surface area contributed by atoms with Gasteiger partial charge in [-0.2, -0.15) is 0 Å². The number of amides is 1. The lowest BCUT2D eigenvalue weighted by atomic mass is 9.97. The van der Waals surface area contributed by atoms with Gasteiger partial charge in [0.2, 0.25) is 5.91 Å². The molecule has 0 unspecified atom stereocenters. The Kier molecular flexibility index (Phi) is 4.58. The molecular formula is C22H25NO3. The van der Waals surface area contributed by atoms with Gasteiger partial charge < -0.3 is 14.4 Å². The molecule has 2 aromatic carbocycles. The van der Waals surface area contributed by atoms with E-state index >= 15 is 0 Å². The summed E-state index contributed by atoms with van der Waals surface area (Å²) in [6.45, 7) is 4.23. The molecule has 0 atom stereocenters. The monoisotopic (exact) mass is 351 g/mol. The molecule has 2 aliphatic heterocycles. The van der Waals surface area contributed by atoms with E-state index in [2.05, 4.69) is 25.1 Å². The second-order valence-corrected chi connectivity index (χ2v) is 7.25. The molecule has 136 valence electrons. The van der Waals surface area contributed by atoms with Gasteiger partial charge in [0.1, 0.15) is 11.5 Å². The zero-order valence-corrected chi connectivity index (χ0v) is 15.5. The maximum atomic E-state index is 12.6. The molecule has 26 heavy (non-hydrogen) atoms. The molecule has 0 fully saturated rings. The summed E-state index contributed by atoms with van der Waals surface area (Å²) in [5.74, 6) is 2.20. The summed E-state index contributed by atoms with van der Waals surface area (Å²) in [7, 11) is 1.89. The molecule has 1 amide bonds. The van der Waals surface area contributed by atoms with E-state index in [1.54, 1.807) is 0 Å². The Morgan fingerprint density at radius 2 is 2.00 bits per heavy atom. The lowest BCUT2D eigenvalue weighted by Gasteiger charge is -2.19. The normalized spacial score (nSPS) is 14.4. The second-order valence-electron chi connectivity index (χ2n) is 7.25. The van der Waals surface area contributed by atoms with Crippen LogP contribution in [0.2, 0.25) is 0 Å². The van der Waals surface area contributed by atoms with Crippen LogP contribution in [0.5, 0.6) is 11.5 Å². The number of hydrogen-bond acceptors (Lipinski definition) is 3. The summed E-state index contributed by atoms with van der Waals surface area (Å²) < 4.78 is 11.7. The standard InChI is InChI=1S/C22H25NO3/c1-15-4-3-5-16(12-15)13-21(24)23(2)9-6-19-18-8-11-25-20(18)14-17-7-10-26-22(17)19/h3-5,12,14H,6-11,13H2,1-2H3. The Morgan fingerprint density at radius 1 is 1.15 bits per heavy atom. The molecule has 4 rings (SSSR count). The number of carbonyl (C=O) groups excluding carboxylic acids is 1. The first-order valence-corrected chi connectivity index (χ1v) is 9.34. The van der Waals surface area contributed by atoms with E-state index in [0.717, 1.165) is 49.5 Å². The van der Waals surface area contributed by atoms with Crippen LogP contribution in [0, 0.1) is 6.92 Å². The first-order chi connectivity index (χ1) is 12.6. The number of likely N-dealkylation sites (N-methyl/N-ethyl adjacent to an activating group) is 1. The molecule has 2 aromatic rings. The molecule has 0 N–H and O–H groups in total. The molecule has 0 aromatic heterocycles. The van der Waals surface area contributed by atoms with Gasteiger partial charge in [0.25, 0.3) is 0 Å². The Labute approximate surface area is 154 Å². The van der Waals surface area contributed by atoms with Crippen molar-refractivity contribution in [3.05, 3.63) is 58.1 Å². The van der Waals surface area contributed by atoms with Crippen molar-refractivity contribution >= 4 is 5.91 Å². The number of nitrogens with zero attached hydrogens (tertiary/aromatic N) is 1. The lowest BCUT2D eigenvalue weighted by molar-refractivity contribution is -0.129. The van der Waals surface area contributed by atoms with Crippen LogP contribution < -0.4 is 9.47 Å². The van der Waals surface area contributed by atoms with Crippen molar-refractivity contribution in [2.24, 2.45) is 0 Å². The first kappa shape index (κ1) is 17.0. The van der Waals surface area contributed by atoms with Crippen LogP contribution in [-0.2, 0) is 30.5 Å².